The van der Waals surface area contributed by atoms with E-state index < -0.39 is 0 Å². The van der Waals surface area contributed by atoms with Crippen molar-refractivity contribution in [2.24, 2.45) is 0 Å². The topological polar surface area (TPSA) is 64.3 Å². The molecule has 0 unspecified atom stereocenters. The van der Waals surface area contributed by atoms with E-state index in [-0.39, 0.29) is 5.91 Å². The lowest BCUT2D eigenvalue weighted by atomic mass is 10.1. The molecule has 4 heteroatoms. The fraction of sp³-hybridized carbons (Fsp3) is 0.250. The third-order valence-electron chi connectivity index (χ3n) is 2.14. The number of benzene rings is 1. The van der Waals surface area contributed by atoms with E-state index in [1.165, 1.54) is 0 Å². The van der Waals surface area contributed by atoms with Crippen molar-refractivity contribution in [1.29, 1.82) is 0 Å². The number of anilines is 1. The van der Waals surface area contributed by atoms with Gasteiger partial charge in [0.2, 0.25) is 0 Å². The number of nitrogens with one attached hydrogen (secondary N) is 1. The molecule has 0 atom stereocenters. The van der Waals surface area contributed by atoms with Gasteiger partial charge in [-0.05, 0) is 18.6 Å². The van der Waals surface area contributed by atoms with Crippen LogP contribution in [0.5, 0.6) is 5.75 Å². The minimum absolute atomic E-state index is 0.179. The first-order valence-electron chi connectivity index (χ1n) is 5.01. The number of carbonyl (C=O) groups excluding carboxylic acids is 1. The van der Waals surface area contributed by atoms with Gasteiger partial charge in [0.15, 0.2) is 0 Å². The number of nitrogen functional groups attached to an aromatic ring is 1. The lowest BCUT2D eigenvalue weighted by Crippen LogP contribution is -2.24. The van der Waals surface area contributed by atoms with Gasteiger partial charge in [-0.15, -0.1) is 6.58 Å². The van der Waals surface area contributed by atoms with Crippen LogP contribution in [0.15, 0.2) is 30.9 Å². The van der Waals surface area contributed by atoms with E-state index >= 15 is 0 Å². The van der Waals surface area contributed by atoms with Crippen LogP contribution in [-0.4, -0.2) is 19.6 Å². The van der Waals surface area contributed by atoms with Crippen molar-refractivity contribution in [3.63, 3.8) is 0 Å². The van der Waals surface area contributed by atoms with Crippen LogP contribution in [0.25, 0.3) is 0 Å². The zero-order valence-electron chi connectivity index (χ0n) is 9.32. The number of amides is 1. The van der Waals surface area contributed by atoms with Crippen molar-refractivity contribution < 1.29 is 9.53 Å². The summed E-state index contributed by atoms with van der Waals surface area (Å²) < 4.78 is 5.00. The van der Waals surface area contributed by atoms with E-state index in [1.54, 1.807) is 31.4 Å². The number of carbonyl (C=O) groups is 1. The van der Waals surface area contributed by atoms with Gasteiger partial charge in [-0.2, -0.15) is 0 Å². The van der Waals surface area contributed by atoms with Crippen LogP contribution in [0.1, 0.15) is 16.8 Å². The summed E-state index contributed by atoms with van der Waals surface area (Å²) in [4.78, 5) is 11.7. The Morgan fingerprint density at radius 2 is 2.38 bits per heavy atom. The van der Waals surface area contributed by atoms with Crippen LogP contribution < -0.4 is 15.8 Å². The maximum absolute atomic E-state index is 11.7. The van der Waals surface area contributed by atoms with Gasteiger partial charge in [0.25, 0.3) is 5.91 Å². The minimum Gasteiger partial charge on any atom is -0.497 e. The van der Waals surface area contributed by atoms with Gasteiger partial charge in [0.1, 0.15) is 5.75 Å². The molecule has 16 heavy (non-hydrogen) atoms. The minimum atomic E-state index is -0.179. The number of methoxy groups -OCH3 is 1. The molecule has 0 spiro atoms. The Morgan fingerprint density at radius 3 is 2.94 bits per heavy atom. The van der Waals surface area contributed by atoms with Crippen LogP contribution >= 0.6 is 0 Å². The van der Waals surface area contributed by atoms with Gasteiger partial charge in [-0.25, -0.2) is 0 Å². The number of nitrogens with two attached hydrogens (primary N) is 1. The van der Waals surface area contributed by atoms with E-state index in [0.29, 0.717) is 23.5 Å². The zero-order chi connectivity index (χ0) is 12.0. The smallest absolute Gasteiger partial charge is 0.253 e. The predicted octanol–water partition coefficient (Wildman–Crippen LogP) is 1.58. The van der Waals surface area contributed by atoms with Crippen LogP contribution in [0.2, 0.25) is 0 Å². The van der Waals surface area contributed by atoms with Crippen molar-refractivity contribution in [1.82, 2.24) is 5.32 Å². The molecule has 1 aromatic carbocycles. The third-order valence-corrected chi connectivity index (χ3v) is 2.14. The predicted molar refractivity (Wildman–Crippen MR) is 64.6 cm³/mol. The van der Waals surface area contributed by atoms with E-state index in [4.69, 9.17) is 10.5 Å². The van der Waals surface area contributed by atoms with Crippen molar-refractivity contribution in [3.8, 4) is 5.75 Å². The first-order valence-corrected chi connectivity index (χ1v) is 5.01. The van der Waals surface area contributed by atoms with E-state index in [9.17, 15) is 4.79 Å². The highest BCUT2D eigenvalue weighted by molar-refractivity contribution is 5.99. The molecule has 0 saturated heterocycles. The fourth-order valence-electron chi connectivity index (χ4n) is 1.26. The van der Waals surface area contributed by atoms with Gasteiger partial charge in [0, 0.05) is 18.3 Å². The Hall–Kier alpha value is -1.97. The molecule has 1 aromatic rings. The first kappa shape index (κ1) is 12.1. The SMILES string of the molecule is C=CCCNC(=O)c1ccc(OC)cc1N. The second-order valence-corrected chi connectivity index (χ2v) is 3.29. The standard InChI is InChI=1S/C12H16N2O2/c1-3-4-7-14-12(15)10-6-5-9(16-2)8-11(10)13/h3,5-6,8H,1,4,7,13H2,2H3,(H,14,15). The number of rotatable bonds is 5. The molecule has 0 aliphatic rings. The molecule has 1 amide bonds. The maximum atomic E-state index is 11.7. The van der Waals surface area contributed by atoms with Crippen LogP contribution in [0, 0.1) is 0 Å². The summed E-state index contributed by atoms with van der Waals surface area (Å²) in [5, 5.41) is 2.75. The van der Waals surface area contributed by atoms with E-state index in [0.717, 1.165) is 6.42 Å². The Bertz CT molecular complexity index is 389. The van der Waals surface area contributed by atoms with Gasteiger partial charge >= 0.3 is 0 Å². The average Bonchev–Trinajstić information content (AvgIpc) is 2.29. The summed E-state index contributed by atoms with van der Waals surface area (Å²) in [6, 6.07) is 4.98. The van der Waals surface area contributed by atoms with Crippen molar-refractivity contribution >= 4 is 11.6 Å². The van der Waals surface area contributed by atoms with E-state index in [1.807, 2.05) is 0 Å². The average molecular weight is 220 g/mol. The normalized spacial score (nSPS) is 9.56. The lowest BCUT2D eigenvalue weighted by Gasteiger charge is -2.08. The Balaban J connectivity index is 2.72. The number of ether oxygens (including phenoxy) is 1. The molecule has 0 fully saturated rings. The second kappa shape index (κ2) is 5.80. The quantitative estimate of drug-likeness (QED) is 0.450. The second-order valence-electron chi connectivity index (χ2n) is 3.29. The van der Waals surface area contributed by atoms with Crippen molar-refractivity contribution in [3.05, 3.63) is 36.4 Å². The molecular formula is C12H16N2O2. The van der Waals surface area contributed by atoms with Crippen LogP contribution in [-0.2, 0) is 0 Å². The molecule has 0 bridgehead atoms. The van der Waals surface area contributed by atoms with Gasteiger partial charge in [-0.3, -0.25) is 4.79 Å². The van der Waals surface area contributed by atoms with Crippen LogP contribution in [0.3, 0.4) is 0 Å². The first-order chi connectivity index (χ1) is 7.69. The summed E-state index contributed by atoms with van der Waals surface area (Å²) in [5.41, 5.74) is 6.62. The van der Waals surface area contributed by atoms with Gasteiger partial charge in [0.05, 0.1) is 12.7 Å². The molecule has 0 radical (unpaired) electrons. The van der Waals surface area contributed by atoms with Gasteiger partial charge < -0.3 is 15.8 Å². The summed E-state index contributed by atoms with van der Waals surface area (Å²) >= 11 is 0. The lowest BCUT2D eigenvalue weighted by molar-refractivity contribution is 0.0955. The summed E-state index contributed by atoms with van der Waals surface area (Å²) in [5.74, 6) is 0.460. The highest BCUT2D eigenvalue weighted by atomic mass is 16.5. The van der Waals surface area contributed by atoms with Crippen LogP contribution in [0.4, 0.5) is 5.69 Å². The fourth-order valence-corrected chi connectivity index (χ4v) is 1.26. The third kappa shape index (κ3) is 3.02. The molecule has 3 N–H and O–H groups in total. The molecule has 0 aliphatic carbocycles. The Morgan fingerprint density at radius 1 is 1.62 bits per heavy atom. The monoisotopic (exact) mass is 220 g/mol. The molecule has 1 rings (SSSR count). The molecule has 0 aliphatic heterocycles. The number of hydrogen-bond donors (Lipinski definition) is 2. The largest absolute Gasteiger partial charge is 0.497 e. The van der Waals surface area contributed by atoms with Gasteiger partial charge in [-0.1, -0.05) is 6.08 Å². The van der Waals surface area contributed by atoms with Crippen molar-refractivity contribution in [2.45, 2.75) is 6.42 Å². The summed E-state index contributed by atoms with van der Waals surface area (Å²) in [6.45, 7) is 4.14. The molecule has 4 nitrogen and oxygen atoms in total. The molecule has 86 valence electrons. The number of hydrogen-bond acceptors (Lipinski definition) is 3. The molecular weight excluding hydrogens is 204 g/mol. The van der Waals surface area contributed by atoms with E-state index in [2.05, 4.69) is 11.9 Å². The maximum Gasteiger partial charge on any atom is 0.253 e. The highest BCUT2D eigenvalue weighted by Gasteiger charge is 2.09. The highest BCUT2D eigenvalue weighted by Crippen LogP contribution is 2.19. The summed E-state index contributed by atoms with van der Waals surface area (Å²) in [7, 11) is 1.55. The summed E-state index contributed by atoms with van der Waals surface area (Å²) in [6.07, 6.45) is 2.49. The Labute approximate surface area is 95.1 Å². The molecule has 0 aromatic heterocycles. The molecule has 0 saturated carbocycles. The zero-order valence-corrected chi connectivity index (χ0v) is 9.32. The Kier molecular flexibility index (Phi) is 4.39. The van der Waals surface area contributed by atoms with Crippen molar-refractivity contribution in [2.75, 3.05) is 19.4 Å². The molecule has 0 heterocycles.